The van der Waals surface area contributed by atoms with E-state index < -0.39 is 6.04 Å². The largest absolute Gasteiger partial charge is 0.358 e. The molecule has 0 saturated carbocycles. The number of likely N-dealkylation sites (N-methyl/N-ethyl adjacent to an activating group) is 1. The van der Waals surface area contributed by atoms with Gasteiger partial charge in [-0.3, -0.25) is 14.5 Å². The lowest BCUT2D eigenvalue weighted by Gasteiger charge is -2.35. The van der Waals surface area contributed by atoms with Crippen molar-refractivity contribution in [3.8, 4) is 0 Å². The van der Waals surface area contributed by atoms with Crippen molar-refractivity contribution in [2.45, 2.75) is 6.04 Å². The first-order chi connectivity index (χ1) is 10.1. The monoisotopic (exact) mass is 290 g/mol. The summed E-state index contributed by atoms with van der Waals surface area (Å²) in [4.78, 5) is 27.5. The molecule has 1 fully saturated rings. The Labute approximate surface area is 124 Å². The molecule has 3 N–H and O–H groups in total. The Morgan fingerprint density at radius 2 is 1.81 bits per heavy atom. The lowest BCUT2D eigenvalue weighted by Crippen LogP contribution is -2.52. The van der Waals surface area contributed by atoms with E-state index >= 15 is 0 Å². The van der Waals surface area contributed by atoms with Gasteiger partial charge in [0.2, 0.25) is 11.8 Å². The molecular weight excluding hydrogens is 268 g/mol. The molecule has 2 amide bonds. The Kier molecular flexibility index (Phi) is 5.30. The molecule has 1 aromatic carbocycles. The number of nitrogens with two attached hydrogens (primary N) is 1. The molecule has 0 radical (unpaired) electrons. The number of nitrogens with zero attached hydrogens (tertiary/aromatic N) is 2. The standard InChI is InChI=1S/C15H22N4O2/c1-17-13(20)11-18-7-9-19(10-8-18)15(21)14(16)12-5-3-2-4-6-12/h2-6,14H,7-11,16H2,1H3,(H,17,20)/t14-/m0/s1. The average molecular weight is 290 g/mol. The van der Waals surface area contributed by atoms with Crippen LogP contribution in [-0.2, 0) is 9.59 Å². The van der Waals surface area contributed by atoms with Crippen molar-refractivity contribution in [3.63, 3.8) is 0 Å². The van der Waals surface area contributed by atoms with Crippen LogP contribution in [0.25, 0.3) is 0 Å². The molecule has 1 aliphatic heterocycles. The van der Waals surface area contributed by atoms with Crippen LogP contribution in [0.1, 0.15) is 11.6 Å². The van der Waals surface area contributed by atoms with Gasteiger partial charge in [0.05, 0.1) is 6.54 Å². The highest BCUT2D eigenvalue weighted by molar-refractivity contribution is 5.83. The molecule has 21 heavy (non-hydrogen) atoms. The van der Waals surface area contributed by atoms with Gasteiger partial charge in [-0.15, -0.1) is 0 Å². The number of nitrogens with one attached hydrogen (secondary N) is 1. The fourth-order valence-corrected chi connectivity index (χ4v) is 2.41. The molecular formula is C15H22N4O2. The van der Waals surface area contributed by atoms with E-state index in [0.29, 0.717) is 32.7 Å². The van der Waals surface area contributed by atoms with Crippen LogP contribution < -0.4 is 11.1 Å². The molecule has 114 valence electrons. The van der Waals surface area contributed by atoms with Gasteiger partial charge in [-0.2, -0.15) is 0 Å². The van der Waals surface area contributed by atoms with Gasteiger partial charge in [0.15, 0.2) is 0 Å². The van der Waals surface area contributed by atoms with Gasteiger partial charge in [0.25, 0.3) is 0 Å². The second-order valence-electron chi connectivity index (χ2n) is 5.16. The molecule has 0 bridgehead atoms. The van der Waals surface area contributed by atoms with Crippen LogP contribution in [0.3, 0.4) is 0 Å². The zero-order valence-electron chi connectivity index (χ0n) is 12.3. The van der Waals surface area contributed by atoms with Crippen molar-refractivity contribution in [2.75, 3.05) is 39.8 Å². The van der Waals surface area contributed by atoms with Gasteiger partial charge in [-0.05, 0) is 5.56 Å². The number of benzene rings is 1. The maximum absolute atomic E-state index is 12.4. The summed E-state index contributed by atoms with van der Waals surface area (Å²) in [6.07, 6.45) is 0. The van der Waals surface area contributed by atoms with Gasteiger partial charge in [0, 0.05) is 33.2 Å². The minimum absolute atomic E-state index is 0.00392. The van der Waals surface area contributed by atoms with Crippen LogP contribution in [0.5, 0.6) is 0 Å². The van der Waals surface area contributed by atoms with E-state index in [0.717, 1.165) is 5.56 Å². The molecule has 6 heteroatoms. The van der Waals surface area contributed by atoms with Crippen molar-refractivity contribution in [3.05, 3.63) is 35.9 Å². The summed E-state index contributed by atoms with van der Waals surface area (Å²) in [5.74, 6) is -0.0587. The number of carbonyl (C=O) groups is 2. The van der Waals surface area contributed by atoms with Crippen molar-refractivity contribution < 1.29 is 9.59 Å². The van der Waals surface area contributed by atoms with E-state index in [1.54, 1.807) is 11.9 Å². The van der Waals surface area contributed by atoms with Crippen LogP contribution in [0, 0.1) is 0 Å². The number of amides is 2. The summed E-state index contributed by atoms with van der Waals surface area (Å²) in [7, 11) is 1.63. The topological polar surface area (TPSA) is 78.7 Å². The molecule has 1 aromatic rings. The molecule has 1 heterocycles. The number of hydrogen-bond acceptors (Lipinski definition) is 4. The van der Waals surface area contributed by atoms with Crippen LogP contribution in [0.15, 0.2) is 30.3 Å². The van der Waals surface area contributed by atoms with Gasteiger partial charge in [-0.1, -0.05) is 30.3 Å². The third-order valence-electron chi connectivity index (χ3n) is 3.75. The van der Waals surface area contributed by atoms with Crippen LogP contribution in [0.4, 0.5) is 0 Å². The second kappa shape index (κ2) is 7.19. The van der Waals surface area contributed by atoms with Gasteiger partial charge >= 0.3 is 0 Å². The number of rotatable bonds is 4. The SMILES string of the molecule is CNC(=O)CN1CCN(C(=O)[C@@H](N)c2ccccc2)CC1. The third kappa shape index (κ3) is 4.03. The highest BCUT2D eigenvalue weighted by Gasteiger charge is 2.26. The maximum atomic E-state index is 12.4. The summed E-state index contributed by atoms with van der Waals surface area (Å²) in [6, 6.07) is 8.78. The third-order valence-corrected chi connectivity index (χ3v) is 3.75. The number of piperazine rings is 1. The normalized spacial score (nSPS) is 17.3. The molecule has 1 saturated heterocycles. The zero-order valence-corrected chi connectivity index (χ0v) is 12.3. The van der Waals surface area contributed by atoms with E-state index in [2.05, 4.69) is 5.32 Å². The lowest BCUT2D eigenvalue weighted by atomic mass is 10.1. The number of hydrogen-bond donors (Lipinski definition) is 2. The van der Waals surface area contributed by atoms with E-state index in [-0.39, 0.29) is 11.8 Å². The molecule has 0 aromatic heterocycles. The zero-order chi connectivity index (χ0) is 15.2. The molecule has 2 rings (SSSR count). The van der Waals surface area contributed by atoms with Crippen LogP contribution in [-0.4, -0.2) is 61.4 Å². The molecule has 0 aliphatic carbocycles. The number of carbonyl (C=O) groups excluding carboxylic acids is 2. The van der Waals surface area contributed by atoms with Crippen molar-refractivity contribution in [2.24, 2.45) is 5.73 Å². The summed E-state index contributed by atoms with van der Waals surface area (Å²) >= 11 is 0. The van der Waals surface area contributed by atoms with E-state index in [4.69, 9.17) is 5.73 Å². The van der Waals surface area contributed by atoms with E-state index in [1.807, 2.05) is 35.2 Å². The fourth-order valence-electron chi connectivity index (χ4n) is 2.41. The first-order valence-corrected chi connectivity index (χ1v) is 7.14. The Morgan fingerprint density at radius 1 is 1.19 bits per heavy atom. The second-order valence-corrected chi connectivity index (χ2v) is 5.16. The Morgan fingerprint density at radius 3 is 2.38 bits per heavy atom. The smallest absolute Gasteiger partial charge is 0.244 e. The van der Waals surface area contributed by atoms with Gasteiger partial charge in [-0.25, -0.2) is 0 Å². The molecule has 6 nitrogen and oxygen atoms in total. The van der Waals surface area contributed by atoms with Crippen molar-refractivity contribution in [1.82, 2.24) is 15.1 Å². The fraction of sp³-hybridized carbons (Fsp3) is 0.467. The average Bonchev–Trinajstić information content (AvgIpc) is 2.55. The Balaban J connectivity index is 1.87. The lowest BCUT2D eigenvalue weighted by molar-refractivity contribution is -0.134. The highest BCUT2D eigenvalue weighted by Crippen LogP contribution is 2.14. The predicted molar refractivity (Wildman–Crippen MR) is 80.5 cm³/mol. The minimum Gasteiger partial charge on any atom is -0.358 e. The summed E-state index contributed by atoms with van der Waals surface area (Å²) in [5.41, 5.74) is 6.87. The Hall–Kier alpha value is -1.92. The first-order valence-electron chi connectivity index (χ1n) is 7.14. The quantitative estimate of drug-likeness (QED) is 0.789. The summed E-state index contributed by atoms with van der Waals surface area (Å²) in [6.45, 7) is 2.98. The first kappa shape index (κ1) is 15.5. The van der Waals surface area contributed by atoms with E-state index in [1.165, 1.54) is 0 Å². The summed E-state index contributed by atoms with van der Waals surface area (Å²) < 4.78 is 0. The minimum atomic E-state index is -0.614. The maximum Gasteiger partial charge on any atom is 0.244 e. The van der Waals surface area contributed by atoms with Crippen LogP contribution in [0.2, 0.25) is 0 Å². The van der Waals surface area contributed by atoms with Gasteiger partial charge in [0.1, 0.15) is 6.04 Å². The highest BCUT2D eigenvalue weighted by atomic mass is 16.2. The van der Waals surface area contributed by atoms with Crippen molar-refractivity contribution >= 4 is 11.8 Å². The molecule has 1 aliphatic rings. The van der Waals surface area contributed by atoms with Crippen LogP contribution >= 0.6 is 0 Å². The molecule has 0 spiro atoms. The Bertz CT molecular complexity index is 484. The molecule has 1 atom stereocenters. The molecule has 0 unspecified atom stereocenters. The van der Waals surface area contributed by atoms with Gasteiger partial charge < -0.3 is 16.0 Å². The predicted octanol–water partition coefficient (Wildman–Crippen LogP) is -0.423. The van der Waals surface area contributed by atoms with E-state index in [9.17, 15) is 9.59 Å². The summed E-state index contributed by atoms with van der Waals surface area (Å²) in [5, 5.41) is 2.60. The van der Waals surface area contributed by atoms with Crippen molar-refractivity contribution in [1.29, 1.82) is 0 Å².